The van der Waals surface area contributed by atoms with Crippen LogP contribution in [0.2, 0.25) is 0 Å². The van der Waals surface area contributed by atoms with Gasteiger partial charge < -0.3 is 4.90 Å². The Morgan fingerprint density at radius 1 is 0.960 bits per heavy atom. The molecular weight excluding hydrogens is 312 g/mol. The summed E-state index contributed by atoms with van der Waals surface area (Å²) in [5.74, 6) is 2.36. The minimum Gasteiger partial charge on any atom is -0.343 e. The number of carbonyl (C=O) groups excluding carboxylic acids is 1. The van der Waals surface area contributed by atoms with E-state index in [9.17, 15) is 4.79 Å². The third-order valence-electron chi connectivity index (χ3n) is 6.40. The highest BCUT2D eigenvalue weighted by atomic mass is 16.2. The highest BCUT2D eigenvalue weighted by Crippen LogP contribution is 2.38. The molecular formula is C20H32N4O. The molecule has 1 saturated heterocycles. The fourth-order valence-corrected chi connectivity index (χ4v) is 4.54. The van der Waals surface area contributed by atoms with E-state index in [1.54, 1.807) is 0 Å². The summed E-state index contributed by atoms with van der Waals surface area (Å²) >= 11 is 0. The lowest BCUT2D eigenvalue weighted by Crippen LogP contribution is -2.40. The first-order valence-electron chi connectivity index (χ1n) is 10.5. The summed E-state index contributed by atoms with van der Waals surface area (Å²) in [6, 6.07) is 0. The molecule has 25 heavy (non-hydrogen) atoms. The fraction of sp³-hybridized carbons (Fsp3) is 0.850. The van der Waals surface area contributed by atoms with Crippen molar-refractivity contribution in [1.82, 2.24) is 19.9 Å². The largest absolute Gasteiger partial charge is 0.343 e. The fourth-order valence-electron chi connectivity index (χ4n) is 4.54. The van der Waals surface area contributed by atoms with E-state index >= 15 is 0 Å². The van der Waals surface area contributed by atoms with Crippen LogP contribution in [-0.2, 0) is 11.3 Å². The van der Waals surface area contributed by atoms with Crippen LogP contribution in [0.3, 0.4) is 0 Å². The Hall–Kier alpha value is -1.39. The Bertz CT molecular complexity index is 564. The van der Waals surface area contributed by atoms with Crippen molar-refractivity contribution in [1.29, 1.82) is 0 Å². The van der Waals surface area contributed by atoms with Crippen molar-refractivity contribution in [3.63, 3.8) is 0 Å². The number of hydrogen-bond donors (Lipinski definition) is 0. The number of rotatable bonds is 5. The SMILES string of the molecule is O=C(CC1CCCCCC1)N1CCC(Cn2cc(C3CC3)nn2)CC1. The van der Waals surface area contributed by atoms with Gasteiger partial charge in [0.15, 0.2) is 0 Å². The third kappa shape index (κ3) is 4.62. The van der Waals surface area contributed by atoms with Gasteiger partial charge in [-0.15, -0.1) is 5.10 Å². The van der Waals surface area contributed by atoms with Crippen LogP contribution in [-0.4, -0.2) is 38.9 Å². The number of carbonyl (C=O) groups is 1. The lowest BCUT2D eigenvalue weighted by atomic mass is 9.93. The van der Waals surface area contributed by atoms with E-state index in [1.165, 1.54) is 57.1 Å². The van der Waals surface area contributed by atoms with Gasteiger partial charge in [0.2, 0.25) is 5.91 Å². The summed E-state index contributed by atoms with van der Waals surface area (Å²) in [5, 5.41) is 8.61. The zero-order chi connectivity index (χ0) is 17.1. The standard InChI is InChI=1S/C20H32N4O/c25-20(13-16-5-3-1-2-4-6-16)23-11-9-17(10-12-23)14-24-15-19(21-22-24)18-7-8-18/h15-18H,1-14H2. The molecule has 0 spiro atoms. The first-order chi connectivity index (χ1) is 12.3. The molecule has 2 heterocycles. The molecule has 0 aromatic carbocycles. The van der Waals surface area contributed by atoms with Crippen LogP contribution in [0, 0.1) is 11.8 Å². The van der Waals surface area contributed by atoms with Crippen molar-refractivity contribution in [3.05, 3.63) is 11.9 Å². The van der Waals surface area contributed by atoms with Crippen LogP contribution in [0.1, 0.15) is 82.2 Å². The highest BCUT2D eigenvalue weighted by Gasteiger charge is 2.28. The molecule has 3 fully saturated rings. The van der Waals surface area contributed by atoms with Crippen molar-refractivity contribution >= 4 is 5.91 Å². The van der Waals surface area contributed by atoms with Crippen LogP contribution in [0.25, 0.3) is 0 Å². The second kappa shape index (κ2) is 7.88. The van der Waals surface area contributed by atoms with Gasteiger partial charge >= 0.3 is 0 Å². The van der Waals surface area contributed by atoms with Gasteiger partial charge in [-0.1, -0.05) is 30.9 Å². The highest BCUT2D eigenvalue weighted by molar-refractivity contribution is 5.76. The average molecular weight is 345 g/mol. The molecule has 1 amide bonds. The lowest BCUT2D eigenvalue weighted by molar-refractivity contribution is -0.133. The molecule has 4 rings (SSSR count). The van der Waals surface area contributed by atoms with Gasteiger partial charge in [0.1, 0.15) is 0 Å². The molecule has 1 aliphatic heterocycles. The van der Waals surface area contributed by atoms with E-state index in [1.807, 2.05) is 4.68 Å². The zero-order valence-electron chi connectivity index (χ0n) is 15.4. The molecule has 2 aliphatic carbocycles. The van der Waals surface area contributed by atoms with E-state index in [-0.39, 0.29) is 0 Å². The molecule has 1 aromatic heterocycles. The average Bonchev–Trinajstić information content (AvgIpc) is 3.42. The molecule has 3 aliphatic rings. The molecule has 2 saturated carbocycles. The van der Waals surface area contributed by atoms with Crippen LogP contribution >= 0.6 is 0 Å². The van der Waals surface area contributed by atoms with Crippen molar-refractivity contribution in [2.24, 2.45) is 11.8 Å². The minimum atomic E-state index is 0.405. The van der Waals surface area contributed by atoms with Gasteiger partial charge in [-0.05, 0) is 50.4 Å². The van der Waals surface area contributed by atoms with Crippen LogP contribution in [0.5, 0.6) is 0 Å². The topological polar surface area (TPSA) is 51.0 Å². The molecule has 5 heteroatoms. The van der Waals surface area contributed by atoms with Gasteiger partial charge in [-0.2, -0.15) is 0 Å². The van der Waals surface area contributed by atoms with Crippen LogP contribution in [0.15, 0.2) is 6.20 Å². The van der Waals surface area contributed by atoms with Crippen molar-refractivity contribution in [2.45, 2.75) is 83.1 Å². The van der Waals surface area contributed by atoms with Crippen LogP contribution in [0.4, 0.5) is 0 Å². The molecule has 0 atom stereocenters. The number of hydrogen-bond acceptors (Lipinski definition) is 3. The molecule has 0 bridgehead atoms. The molecule has 0 unspecified atom stereocenters. The predicted octanol–water partition coefficient (Wildman–Crippen LogP) is 3.75. The van der Waals surface area contributed by atoms with Gasteiger partial charge in [-0.25, -0.2) is 0 Å². The molecule has 1 aromatic rings. The van der Waals surface area contributed by atoms with E-state index < -0.39 is 0 Å². The quantitative estimate of drug-likeness (QED) is 0.764. The summed E-state index contributed by atoms with van der Waals surface area (Å²) in [6.45, 7) is 2.82. The van der Waals surface area contributed by atoms with Gasteiger partial charge in [-0.3, -0.25) is 9.48 Å². The minimum absolute atomic E-state index is 0.405. The van der Waals surface area contributed by atoms with Crippen molar-refractivity contribution in [2.75, 3.05) is 13.1 Å². The monoisotopic (exact) mass is 344 g/mol. The maximum absolute atomic E-state index is 12.6. The number of amides is 1. The zero-order valence-corrected chi connectivity index (χ0v) is 15.4. The van der Waals surface area contributed by atoms with E-state index in [0.29, 0.717) is 23.7 Å². The summed E-state index contributed by atoms with van der Waals surface area (Å²) in [4.78, 5) is 14.8. The normalized spacial score (nSPS) is 23.6. The molecule has 0 N–H and O–H groups in total. The summed E-state index contributed by atoms with van der Waals surface area (Å²) in [7, 11) is 0. The first-order valence-corrected chi connectivity index (χ1v) is 10.5. The maximum atomic E-state index is 12.6. The summed E-state index contributed by atoms with van der Waals surface area (Å²) < 4.78 is 2.03. The van der Waals surface area contributed by atoms with E-state index in [4.69, 9.17) is 0 Å². The molecule has 0 radical (unpaired) electrons. The second-order valence-electron chi connectivity index (χ2n) is 8.53. The van der Waals surface area contributed by atoms with Gasteiger partial charge in [0.05, 0.1) is 5.69 Å². The maximum Gasteiger partial charge on any atom is 0.222 e. The second-order valence-corrected chi connectivity index (χ2v) is 8.53. The number of piperidine rings is 1. The summed E-state index contributed by atoms with van der Waals surface area (Å²) in [6.07, 6.45) is 15.6. The Morgan fingerprint density at radius 3 is 2.36 bits per heavy atom. The lowest BCUT2D eigenvalue weighted by Gasteiger charge is -2.32. The Morgan fingerprint density at radius 2 is 1.68 bits per heavy atom. The molecule has 138 valence electrons. The van der Waals surface area contributed by atoms with E-state index in [0.717, 1.165) is 38.9 Å². The first kappa shape index (κ1) is 17.0. The smallest absolute Gasteiger partial charge is 0.222 e. The van der Waals surface area contributed by atoms with Crippen molar-refractivity contribution < 1.29 is 4.79 Å². The number of likely N-dealkylation sites (tertiary alicyclic amines) is 1. The Kier molecular flexibility index (Phi) is 5.37. The summed E-state index contributed by atoms with van der Waals surface area (Å²) in [5.41, 5.74) is 1.18. The van der Waals surface area contributed by atoms with E-state index in [2.05, 4.69) is 21.4 Å². The van der Waals surface area contributed by atoms with Crippen LogP contribution < -0.4 is 0 Å². The third-order valence-corrected chi connectivity index (χ3v) is 6.40. The Labute approximate surface area is 151 Å². The van der Waals surface area contributed by atoms with Gasteiger partial charge in [0, 0.05) is 38.2 Å². The van der Waals surface area contributed by atoms with Crippen molar-refractivity contribution in [3.8, 4) is 0 Å². The Balaban J connectivity index is 1.21. The molecule has 5 nitrogen and oxygen atoms in total. The van der Waals surface area contributed by atoms with Gasteiger partial charge in [0.25, 0.3) is 0 Å². The number of nitrogens with zero attached hydrogens (tertiary/aromatic N) is 4. The number of aromatic nitrogens is 3. The predicted molar refractivity (Wildman–Crippen MR) is 97.1 cm³/mol.